The summed E-state index contributed by atoms with van der Waals surface area (Å²) < 4.78 is 11.6. The Kier molecular flexibility index (Phi) is 5.00. The van der Waals surface area contributed by atoms with Gasteiger partial charge in [-0.15, -0.1) is 0 Å². The van der Waals surface area contributed by atoms with Gasteiger partial charge in [-0.1, -0.05) is 31.2 Å². The van der Waals surface area contributed by atoms with Crippen molar-refractivity contribution in [2.45, 2.75) is 51.7 Å². The molecule has 1 amide bonds. The SMILES string of the molecule is CC[C@@H](C)Oc1ccc(NC(=O)[C@](C)(OC)C2CC2)c2ccccc12. The van der Waals surface area contributed by atoms with Crippen LogP contribution < -0.4 is 10.1 Å². The number of amides is 1. The highest BCUT2D eigenvalue weighted by molar-refractivity contribution is 6.06. The molecule has 25 heavy (non-hydrogen) atoms. The lowest BCUT2D eigenvalue weighted by molar-refractivity contribution is -0.138. The standard InChI is InChI=1S/C21H27NO3/c1-5-14(2)25-19-13-12-18(16-8-6-7-9-17(16)19)22-20(23)21(3,24-4)15-10-11-15/h6-9,12-15H,5,10-11H2,1-4H3,(H,22,23)/t14-,21-/m1/s1. The number of ether oxygens (including phenoxy) is 2. The number of nitrogens with one attached hydrogen (secondary N) is 1. The maximum Gasteiger partial charge on any atom is 0.256 e. The first-order valence-corrected chi connectivity index (χ1v) is 9.04. The second-order valence-electron chi connectivity index (χ2n) is 7.03. The zero-order chi connectivity index (χ0) is 18.0. The summed E-state index contributed by atoms with van der Waals surface area (Å²) in [5.74, 6) is 1.06. The first-order valence-electron chi connectivity index (χ1n) is 9.04. The third-order valence-electron chi connectivity index (χ3n) is 5.27. The number of rotatable bonds is 7. The number of benzene rings is 2. The molecule has 134 valence electrons. The summed E-state index contributed by atoms with van der Waals surface area (Å²) in [6, 6.07) is 11.9. The lowest BCUT2D eigenvalue weighted by Gasteiger charge is -2.27. The smallest absolute Gasteiger partial charge is 0.256 e. The topological polar surface area (TPSA) is 47.6 Å². The van der Waals surface area contributed by atoms with E-state index in [4.69, 9.17) is 9.47 Å². The lowest BCUT2D eigenvalue weighted by atomic mass is 9.98. The highest BCUT2D eigenvalue weighted by Gasteiger charge is 2.47. The van der Waals surface area contributed by atoms with Crippen molar-refractivity contribution in [1.82, 2.24) is 0 Å². The fourth-order valence-electron chi connectivity index (χ4n) is 3.11. The zero-order valence-electron chi connectivity index (χ0n) is 15.5. The number of hydrogen-bond acceptors (Lipinski definition) is 3. The van der Waals surface area contributed by atoms with Crippen molar-refractivity contribution in [2.24, 2.45) is 5.92 Å². The van der Waals surface area contributed by atoms with Crippen molar-refractivity contribution in [3.05, 3.63) is 36.4 Å². The van der Waals surface area contributed by atoms with Gasteiger partial charge in [0, 0.05) is 23.6 Å². The van der Waals surface area contributed by atoms with Crippen LogP contribution in [0.15, 0.2) is 36.4 Å². The van der Waals surface area contributed by atoms with E-state index in [1.165, 1.54) is 0 Å². The normalized spacial score (nSPS) is 17.8. The molecule has 0 bridgehead atoms. The molecule has 0 spiro atoms. The Balaban J connectivity index is 1.92. The van der Waals surface area contributed by atoms with Crippen LogP contribution in [-0.4, -0.2) is 24.7 Å². The van der Waals surface area contributed by atoms with Gasteiger partial charge >= 0.3 is 0 Å². The van der Waals surface area contributed by atoms with Gasteiger partial charge in [0.25, 0.3) is 5.91 Å². The molecule has 0 unspecified atom stereocenters. The predicted molar refractivity (Wildman–Crippen MR) is 101 cm³/mol. The van der Waals surface area contributed by atoms with Gasteiger partial charge in [0.15, 0.2) is 0 Å². The van der Waals surface area contributed by atoms with Crippen LogP contribution in [0, 0.1) is 5.92 Å². The molecular formula is C21H27NO3. The number of anilines is 1. The van der Waals surface area contributed by atoms with Crippen LogP contribution in [0.2, 0.25) is 0 Å². The predicted octanol–water partition coefficient (Wildman–Crippen LogP) is 4.77. The van der Waals surface area contributed by atoms with Gasteiger partial charge in [-0.3, -0.25) is 4.79 Å². The molecule has 2 aromatic rings. The van der Waals surface area contributed by atoms with Gasteiger partial charge in [-0.25, -0.2) is 0 Å². The Morgan fingerprint density at radius 3 is 2.52 bits per heavy atom. The van der Waals surface area contributed by atoms with Gasteiger partial charge in [-0.2, -0.15) is 0 Å². The minimum atomic E-state index is -0.771. The summed E-state index contributed by atoms with van der Waals surface area (Å²) in [5.41, 5.74) is 0.0218. The molecular weight excluding hydrogens is 314 g/mol. The summed E-state index contributed by atoms with van der Waals surface area (Å²) in [7, 11) is 1.61. The summed E-state index contributed by atoms with van der Waals surface area (Å²) in [5, 5.41) is 5.06. The quantitative estimate of drug-likeness (QED) is 0.789. The van der Waals surface area contributed by atoms with Crippen LogP contribution in [0.3, 0.4) is 0 Å². The highest BCUT2D eigenvalue weighted by Crippen LogP contribution is 2.42. The average molecular weight is 341 g/mol. The van der Waals surface area contributed by atoms with E-state index in [2.05, 4.69) is 19.2 Å². The molecule has 1 saturated carbocycles. The maximum atomic E-state index is 12.8. The third-order valence-corrected chi connectivity index (χ3v) is 5.27. The van der Waals surface area contributed by atoms with Crippen molar-refractivity contribution in [2.75, 3.05) is 12.4 Å². The molecule has 1 aliphatic rings. The zero-order valence-corrected chi connectivity index (χ0v) is 15.5. The van der Waals surface area contributed by atoms with E-state index in [0.717, 1.165) is 41.5 Å². The first-order chi connectivity index (χ1) is 12.0. The molecule has 4 heteroatoms. The summed E-state index contributed by atoms with van der Waals surface area (Å²) in [6.07, 6.45) is 3.18. The van der Waals surface area contributed by atoms with E-state index in [1.54, 1.807) is 7.11 Å². The molecule has 0 aliphatic heterocycles. The van der Waals surface area contributed by atoms with Crippen LogP contribution in [-0.2, 0) is 9.53 Å². The van der Waals surface area contributed by atoms with Crippen molar-refractivity contribution >= 4 is 22.4 Å². The monoisotopic (exact) mass is 341 g/mol. The minimum absolute atomic E-state index is 0.0850. The molecule has 1 aliphatic carbocycles. The Morgan fingerprint density at radius 1 is 1.24 bits per heavy atom. The third kappa shape index (κ3) is 3.49. The number of carbonyl (C=O) groups excluding carboxylic acids is 1. The highest BCUT2D eigenvalue weighted by atomic mass is 16.5. The Bertz CT molecular complexity index is 769. The van der Waals surface area contributed by atoms with E-state index < -0.39 is 5.60 Å². The van der Waals surface area contributed by atoms with Crippen molar-refractivity contribution < 1.29 is 14.3 Å². The first kappa shape index (κ1) is 17.7. The van der Waals surface area contributed by atoms with Crippen molar-refractivity contribution in [1.29, 1.82) is 0 Å². The maximum absolute atomic E-state index is 12.8. The molecule has 0 radical (unpaired) electrons. The van der Waals surface area contributed by atoms with Crippen molar-refractivity contribution in [3.63, 3.8) is 0 Å². The van der Waals surface area contributed by atoms with Gasteiger partial charge in [0.05, 0.1) is 6.10 Å². The van der Waals surface area contributed by atoms with E-state index in [-0.39, 0.29) is 12.0 Å². The number of carbonyl (C=O) groups is 1. The Labute approximate surface area is 149 Å². The van der Waals surface area contributed by atoms with Crippen LogP contribution >= 0.6 is 0 Å². The van der Waals surface area contributed by atoms with Gasteiger partial charge in [0.1, 0.15) is 11.4 Å². The van der Waals surface area contributed by atoms with E-state index in [9.17, 15) is 4.79 Å². The van der Waals surface area contributed by atoms with E-state index in [0.29, 0.717) is 5.92 Å². The van der Waals surface area contributed by atoms with E-state index in [1.807, 2.05) is 43.3 Å². The second-order valence-corrected chi connectivity index (χ2v) is 7.03. The number of hydrogen-bond donors (Lipinski definition) is 1. The van der Waals surface area contributed by atoms with Gasteiger partial charge < -0.3 is 14.8 Å². The summed E-state index contributed by atoms with van der Waals surface area (Å²) in [4.78, 5) is 12.8. The van der Waals surface area contributed by atoms with Crippen LogP contribution in [0.4, 0.5) is 5.69 Å². The minimum Gasteiger partial charge on any atom is -0.490 e. The summed E-state index contributed by atoms with van der Waals surface area (Å²) >= 11 is 0. The van der Waals surface area contributed by atoms with Gasteiger partial charge in [-0.05, 0) is 51.2 Å². The Hall–Kier alpha value is -2.07. The molecule has 0 saturated heterocycles. The fraction of sp³-hybridized carbons (Fsp3) is 0.476. The van der Waals surface area contributed by atoms with Crippen LogP contribution in [0.25, 0.3) is 10.8 Å². The average Bonchev–Trinajstić information content (AvgIpc) is 3.48. The molecule has 1 N–H and O–H groups in total. The van der Waals surface area contributed by atoms with Crippen LogP contribution in [0.5, 0.6) is 5.75 Å². The van der Waals surface area contributed by atoms with E-state index >= 15 is 0 Å². The lowest BCUT2D eigenvalue weighted by Crippen LogP contribution is -2.44. The molecule has 4 nitrogen and oxygen atoms in total. The Morgan fingerprint density at radius 2 is 1.92 bits per heavy atom. The molecule has 2 aromatic carbocycles. The second kappa shape index (κ2) is 7.04. The van der Waals surface area contributed by atoms with Gasteiger partial charge in [0.2, 0.25) is 0 Å². The molecule has 3 rings (SSSR count). The van der Waals surface area contributed by atoms with Crippen molar-refractivity contribution in [3.8, 4) is 5.75 Å². The molecule has 0 aromatic heterocycles. The summed E-state index contributed by atoms with van der Waals surface area (Å²) in [6.45, 7) is 6.04. The molecule has 0 heterocycles. The van der Waals surface area contributed by atoms with Crippen LogP contribution in [0.1, 0.15) is 40.0 Å². The largest absolute Gasteiger partial charge is 0.490 e. The molecule has 1 fully saturated rings. The fourth-order valence-corrected chi connectivity index (χ4v) is 3.11. The molecule has 2 atom stereocenters. The number of fused-ring (bicyclic) bond motifs is 1. The number of methoxy groups -OCH3 is 1.